The number of ketones is 1. The Labute approximate surface area is 84.3 Å². The maximum atomic E-state index is 10.5. The summed E-state index contributed by atoms with van der Waals surface area (Å²) in [7, 11) is 0. The van der Waals surface area contributed by atoms with Crippen LogP contribution < -0.4 is 0 Å². The van der Waals surface area contributed by atoms with Gasteiger partial charge in [-0.15, -0.1) is 0 Å². The van der Waals surface area contributed by atoms with Crippen molar-refractivity contribution in [1.82, 2.24) is 9.97 Å². The zero-order chi connectivity index (χ0) is 10.8. The van der Waals surface area contributed by atoms with Gasteiger partial charge in [0, 0.05) is 6.20 Å². The molecule has 0 aromatic carbocycles. The van der Waals surface area contributed by atoms with Crippen LogP contribution in [0.3, 0.4) is 0 Å². The van der Waals surface area contributed by atoms with Gasteiger partial charge in [0.05, 0.1) is 12.3 Å². The monoisotopic (exact) mass is 196 g/mol. The number of rotatable bonds is 4. The van der Waals surface area contributed by atoms with Gasteiger partial charge in [0.15, 0.2) is 5.78 Å². The molecule has 4 nitrogen and oxygen atoms in total. The van der Waals surface area contributed by atoms with E-state index in [1.54, 1.807) is 12.3 Å². The Balaban J connectivity index is 0.000000791. The first-order valence-electron chi connectivity index (χ1n) is 4.61. The van der Waals surface area contributed by atoms with Crippen LogP contribution in [0.15, 0.2) is 18.6 Å². The zero-order valence-electron chi connectivity index (χ0n) is 8.86. The van der Waals surface area contributed by atoms with Crippen molar-refractivity contribution < 1.29 is 9.53 Å². The smallest absolute Gasteiger partial charge is 0.155 e. The number of carbonyl (C=O) groups is 1. The lowest BCUT2D eigenvalue weighted by Gasteiger charge is -1.99. The summed E-state index contributed by atoms with van der Waals surface area (Å²) in [6.45, 7) is 5.99. The molecule has 78 valence electrons. The first-order valence-corrected chi connectivity index (χ1v) is 4.61. The molecule has 0 aliphatic heterocycles. The van der Waals surface area contributed by atoms with Gasteiger partial charge in [-0.2, -0.15) is 0 Å². The molecule has 0 saturated carbocycles. The van der Waals surface area contributed by atoms with E-state index in [9.17, 15) is 4.79 Å². The molecule has 0 aliphatic rings. The molecule has 0 bridgehead atoms. The second kappa shape index (κ2) is 8.31. The summed E-state index contributed by atoms with van der Waals surface area (Å²) >= 11 is 0. The van der Waals surface area contributed by atoms with Gasteiger partial charge in [0.25, 0.3) is 0 Å². The largest absolute Gasteiger partial charge is 0.367 e. The minimum absolute atomic E-state index is 0.0176. The summed E-state index contributed by atoms with van der Waals surface area (Å²) in [5, 5.41) is 0. The van der Waals surface area contributed by atoms with E-state index in [1.807, 2.05) is 13.8 Å². The second-order valence-electron chi connectivity index (χ2n) is 2.40. The van der Waals surface area contributed by atoms with Crippen LogP contribution in [0.5, 0.6) is 0 Å². The highest BCUT2D eigenvalue weighted by molar-refractivity contribution is 5.76. The van der Waals surface area contributed by atoms with Gasteiger partial charge in [0.2, 0.25) is 0 Å². The molecule has 1 heterocycles. The highest BCUT2D eigenvalue weighted by Crippen LogP contribution is 1.93. The lowest BCUT2D eigenvalue weighted by molar-refractivity contribution is -0.121. The van der Waals surface area contributed by atoms with E-state index in [0.29, 0.717) is 6.61 Å². The van der Waals surface area contributed by atoms with Crippen molar-refractivity contribution in [1.29, 1.82) is 0 Å². The third-order valence-corrected chi connectivity index (χ3v) is 1.20. The van der Waals surface area contributed by atoms with E-state index in [4.69, 9.17) is 4.74 Å². The lowest BCUT2D eigenvalue weighted by Crippen LogP contribution is -2.04. The number of aromatic nitrogens is 2. The van der Waals surface area contributed by atoms with Crippen molar-refractivity contribution in [2.24, 2.45) is 0 Å². The molecule has 4 heteroatoms. The molecule has 0 N–H and O–H groups in total. The number of carbonyl (C=O) groups excluding carboxylic acids is 1. The van der Waals surface area contributed by atoms with Crippen molar-refractivity contribution in [2.45, 2.75) is 27.4 Å². The van der Waals surface area contributed by atoms with Crippen molar-refractivity contribution in [2.75, 3.05) is 6.61 Å². The standard InChI is InChI=1S/C8H10N2O2.C2H6/c1-7(11)4-12-5-8-2-3-9-6-10-8;1-2/h2-3,6H,4-5H2,1H3;1-2H3. The van der Waals surface area contributed by atoms with Crippen LogP contribution in [-0.2, 0) is 16.1 Å². The summed E-state index contributed by atoms with van der Waals surface area (Å²) in [6, 6.07) is 1.75. The molecule has 0 unspecified atom stereocenters. The Morgan fingerprint density at radius 1 is 1.50 bits per heavy atom. The molecule has 0 radical (unpaired) electrons. The number of hydrogen-bond acceptors (Lipinski definition) is 4. The summed E-state index contributed by atoms with van der Waals surface area (Å²) < 4.78 is 5.04. The van der Waals surface area contributed by atoms with E-state index in [-0.39, 0.29) is 12.4 Å². The third kappa shape index (κ3) is 6.25. The summed E-state index contributed by atoms with van der Waals surface area (Å²) in [6.07, 6.45) is 3.09. The third-order valence-electron chi connectivity index (χ3n) is 1.20. The van der Waals surface area contributed by atoms with E-state index < -0.39 is 0 Å². The summed E-state index contributed by atoms with van der Waals surface area (Å²) in [5.74, 6) is 0.0176. The quantitative estimate of drug-likeness (QED) is 0.734. The first kappa shape index (κ1) is 12.7. The van der Waals surface area contributed by atoms with Crippen LogP contribution in [0.1, 0.15) is 26.5 Å². The van der Waals surface area contributed by atoms with Crippen molar-refractivity contribution in [3.8, 4) is 0 Å². The highest BCUT2D eigenvalue weighted by Gasteiger charge is 1.95. The maximum absolute atomic E-state index is 10.5. The molecular formula is C10H16N2O2. The average Bonchev–Trinajstić information content (AvgIpc) is 2.22. The zero-order valence-corrected chi connectivity index (χ0v) is 8.86. The predicted octanol–water partition coefficient (Wildman–Crippen LogP) is 1.61. The fraction of sp³-hybridized carbons (Fsp3) is 0.500. The van der Waals surface area contributed by atoms with Crippen LogP contribution in [0.2, 0.25) is 0 Å². The first-order chi connectivity index (χ1) is 6.79. The summed E-state index contributed by atoms with van der Waals surface area (Å²) in [4.78, 5) is 18.2. The minimum atomic E-state index is 0.0176. The van der Waals surface area contributed by atoms with Gasteiger partial charge < -0.3 is 4.74 Å². The normalized spacial score (nSPS) is 8.79. The minimum Gasteiger partial charge on any atom is -0.367 e. The molecule has 0 amide bonds. The van der Waals surface area contributed by atoms with Gasteiger partial charge in [-0.1, -0.05) is 13.8 Å². The Bertz CT molecular complexity index is 250. The molecule has 0 spiro atoms. The molecule has 1 aromatic rings. The van der Waals surface area contributed by atoms with E-state index >= 15 is 0 Å². The van der Waals surface area contributed by atoms with Crippen molar-refractivity contribution >= 4 is 5.78 Å². The van der Waals surface area contributed by atoms with Crippen molar-refractivity contribution in [3.05, 3.63) is 24.3 Å². The van der Waals surface area contributed by atoms with Crippen molar-refractivity contribution in [3.63, 3.8) is 0 Å². The van der Waals surface area contributed by atoms with Crippen LogP contribution in [0.25, 0.3) is 0 Å². The number of ether oxygens (including phenoxy) is 1. The Morgan fingerprint density at radius 2 is 2.21 bits per heavy atom. The summed E-state index contributed by atoms with van der Waals surface area (Å²) in [5.41, 5.74) is 0.784. The van der Waals surface area contributed by atoms with Gasteiger partial charge in [-0.25, -0.2) is 9.97 Å². The molecule has 0 saturated heterocycles. The fourth-order valence-electron chi connectivity index (χ4n) is 0.703. The van der Waals surface area contributed by atoms with Gasteiger partial charge >= 0.3 is 0 Å². The van der Waals surface area contributed by atoms with Crippen LogP contribution >= 0.6 is 0 Å². The van der Waals surface area contributed by atoms with Crippen LogP contribution in [-0.4, -0.2) is 22.4 Å². The van der Waals surface area contributed by atoms with Crippen LogP contribution in [0, 0.1) is 0 Å². The number of hydrogen-bond donors (Lipinski definition) is 0. The molecule has 1 rings (SSSR count). The van der Waals surface area contributed by atoms with Gasteiger partial charge in [-0.3, -0.25) is 4.79 Å². The van der Waals surface area contributed by atoms with E-state index in [2.05, 4.69) is 9.97 Å². The molecule has 0 fully saturated rings. The fourth-order valence-corrected chi connectivity index (χ4v) is 0.703. The Morgan fingerprint density at radius 3 is 2.71 bits per heavy atom. The van der Waals surface area contributed by atoms with Crippen LogP contribution in [0.4, 0.5) is 0 Å². The average molecular weight is 196 g/mol. The van der Waals surface area contributed by atoms with E-state index in [0.717, 1.165) is 5.69 Å². The Kier molecular flexibility index (Phi) is 7.55. The molecular weight excluding hydrogens is 180 g/mol. The maximum Gasteiger partial charge on any atom is 0.155 e. The molecule has 1 aromatic heterocycles. The predicted molar refractivity (Wildman–Crippen MR) is 53.7 cm³/mol. The molecule has 14 heavy (non-hydrogen) atoms. The van der Waals surface area contributed by atoms with Gasteiger partial charge in [0.1, 0.15) is 12.9 Å². The number of Topliss-reactive ketones (excluding diaryl/α,β-unsaturated/α-hetero) is 1. The Hall–Kier alpha value is -1.29. The highest BCUT2D eigenvalue weighted by atomic mass is 16.5. The topological polar surface area (TPSA) is 52.1 Å². The molecule has 0 aliphatic carbocycles. The number of nitrogens with zero attached hydrogens (tertiary/aromatic N) is 2. The molecule has 0 atom stereocenters. The van der Waals surface area contributed by atoms with E-state index in [1.165, 1.54) is 13.3 Å². The second-order valence-corrected chi connectivity index (χ2v) is 2.40. The van der Waals surface area contributed by atoms with Gasteiger partial charge in [-0.05, 0) is 13.0 Å². The lowest BCUT2D eigenvalue weighted by atomic mass is 10.4. The SMILES string of the molecule is CC.CC(=O)COCc1ccncn1.